The number of benzene rings is 3. The summed E-state index contributed by atoms with van der Waals surface area (Å²) in [5, 5.41) is 13.2. The average molecular weight is 536 g/mol. The summed E-state index contributed by atoms with van der Waals surface area (Å²) in [7, 11) is 0. The second-order valence-electron chi connectivity index (χ2n) is 8.27. The van der Waals surface area contributed by atoms with E-state index in [0.29, 0.717) is 23.7 Å². The number of rotatable bonds is 8. The fourth-order valence-electron chi connectivity index (χ4n) is 3.70. The number of carbonyl (C=O) groups is 3. The quantitative estimate of drug-likeness (QED) is 0.182. The molecule has 0 bridgehead atoms. The number of urea groups is 1. The molecule has 0 unspecified atom stereocenters. The van der Waals surface area contributed by atoms with Gasteiger partial charge in [0.2, 0.25) is 0 Å². The van der Waals surface area contributed by atoms with E-state index in [4.69, 9.17) is 21.1 Å². The Kier molecular flexibility index (Phi) is 7.73. The number of non-ortho nitro benzene ring substituents is 1. The van der Waals surface area contributed by atoms with Crippen LogP contribution in [0.15, 0.2) is 66.2 Å². The van der Waals surface area contributed by atoms with Gasteiger partial charge in [-0.1, -0.05) is 41.4 Å². The molecule has 0 saturated carbocycles. The highest BCUT2D eigenvalue weighted by Gasteiger charge is 2.37. The highest BCUT2D eigenvalue weighted by molar-refractivity contribution is 6.39. The summed E-state index contributed by atoms with van der Waals surface area (Å²) in [6, 6.07) is 14.7. The maximum absolute atomic E-state index is 13.2. The van der Waals surface area contributed by atoms with Crippen LogP contribution in [0.5, 0.6) is 11.5 Å². The van der Waals surface area contributed by atoms with Crippen molar-refractivity contribution in [1.29, 1.82) is 0 Å². The Bertz CT molecular complexity index is 1450. The fourth-order valence-corrected chi connectivity index (χ4v) is 3.97. The van der Waals surface area contributed by atoms with Crippen molar-refractivity contribution < 1.29 is 28.8 Å². The van der Waals surface area contributed by atoms with Gasteiger partial charge in [-0.2, -0.15) is 0 Å². The SMILES string of the molecule is CCOc1cc(/C=C2\C(=O)NC(=O)N(c3ccc([N+](=O)[O-])cc3)C2=O)cc(Cl)c1OCc1ccc(C)cc1. The molecule has 4 rings (SSSR count). The van der Waals surface area contributed by atoms with Gasteiger partial charge >= 0.3 is 6.03 Å². The zero-order valence-electron chi connectivity index (χ0n) is 20.4. The van der Waals surface area contributed by atoms with Crippen LogP contribution in [0.2, 0.25) is 5.02 Å². The molecule has 1 saturated heterocycles. The van der Waals surface area contributed by atoms with E-state index in [1.54, 1.807) is 13.0 Å². The number of carbonyl (C=O) groups excluding carboxylic acids is 3. The summed E-state index contributed by atoms with van der Waals surface area (Å²) in [4.78, 5) is 49.2. The van der Waals surface area contributed by atoms with Gasteiger partial charge in [0.25, 0.3) is 17.5 Å². The molecule has 0 aromatic heterocycles. The van der Waals surface area contributed by atoms with Gasteiger partial charge in [0.1, 0.15) is 12.2 Å². The van der Waals surface area contributed by atoms with Crippen molar-refractivity contribution in [1.82, 2.24) is 5.32 Å². The first kappa shape index (κ1) is 26.4. The fraction of sp³-hybridized carbons (Fsp3) is 0.148. The number of hydrogen-bond donors (Lipinski definition) is 1. The smallest absolute Gasteiger partial charge is 0.335 e. The molecule has 11 heteroatoms. The summed E-state index contributed by atoms with van der Waals surface area (Å²) in [6.07, 6.45) is 1.28. The molecule has 0 radical (unpaired) electrons. The Hall–Kier alpha value is -4.70. The van der Waals surface area contributed by atoms with E-state index in [1.807, 2.05) is 31.2 Å². The molecule has 0 spiro atoms. The van der Waals surface area contributed by atoms with Crippen LogP contribution in [-0.4, -0.2) is 29.4 Å². The van der Waals surface area contributed by atoms with E-state index in [-0.39, 0.29) is 28.6 Å². The third kappa shape index (κ3) is 5.65. The highest BCUT2D eigenvalue weighted by atomic mass is 35.5. The number of nitrogens with one attached hydrogen (secondary N) is 1. The minimum atomic E-state index is -0.973. The standard InChI is InChI=1S/C27H22ClN3O7/c1-3-37-23-14-18(13-22(28)24(23)38-15-17-6-4-16(2)5-7-17)12-21-25(32)29-27(34)30(26(21)33)19-8-10-20(11-9-19)31(35)36/h4-14H,3,15H2,1-2H3,(H,29,32,34)/b21-12+. The summed E-state index contributed by atoms with van der Waals surface area (Å²) >= 11 is 6.50. The van der Waals surface area contributed by atoms with Crippen molar-refractivity contribution >= 4 is 46.9 Å². The van der Waals surface area contributed by atoms with Gasteiger partial charge in [-0.3, -0.25) is 25.0 Å². The van der Waals surface area contributed by atoms with E-state index in [9.17, 15) is 24.5 Å². The maximum atomic E-state index is 13.2. The third-order valence-corrected chi connectivity index (χ3v) is 5.85. The molecule has 1 aliphatic heterocycles. The lowest BCUT2D eigenvalue weighted by atomic mass is 10.1. The Labute approximate surface area is 222 Å². The number of anilines is 1. The van der Waals surface area contributed by atoms with Crippen LogP contribution in [0.3, 0.4) is 0 Å². The number of ether oxygens (including phenoxy) is 2. The maximum Gasteiger partial charge on any atom is 0.335 e. The number of amides is 4. The summed E-state index contributed by atoms with van der Waals surface area (Å²) in [5.41, 5.74) is 1.92. The van der Waals surface area contributed by atoms with Crippen molar-refractivity contribution in [3.8, 4) is 11.5 Å². The van der Waals surface area contributed by atoms with E-state index >= 15 is 0 Å². The van der Waals surface area contributed by atoms with Gasteiger partial charge in [0, 0.05) is 12.1 Å². The van der Waals surface area contributed by atoms with Crippen molar-refractivity contribution in [2.24, 2.45) is 0 Å². The first-order valence-corrected chi connectivity index (χ1v) is 11.9. The number of nitro benzene ring substituents is 1. The van der Waals surface area contributed by atoms with E-state index in [0.717, 1.165) is 28.2 Å². The van der Waals surface area contributed by atoms with Crippen molar-refractivity contribution in [3.05, 3.63) is 98.1 Å². The number of nitrogens with zero attached hydrogens (tertiary/aromatic N) is 2. The second-order valence-corrected chi connectivity index (χ2v) is 8.68. The zero-order chi connectivity index (χ0) is 27.4. The highest BCUT2D eigenvalue weighted by Crippen LogP contribution is 2.38. The van der Waals surface area contributed by atoms with E-state index in [2.05, 4.69) is 5.32 Å². The molecule has 1 fully saturated rings. The van der Waals surface area contributed by atoms with Crippen molar-refractivity contribution in [2.75, 3.05) is 11.5 Å². The normalized spacial score (nSPS) is 14.4. The van der Waals surface area contributed by atoms with Gasteiger partial charge in [-0.25, -0.2) is 9.69 Å². The predicted molar refractivity (Wildman–Crippen MR) is 140 cm³/mol. The van der Waals surface area contributed by atoms with Gasteiger partial charge in [0.05, 0.1) is 22.2 Å². The molecule has 4 amide bonds. The molecule has 3 aromatic rings. The summed E-state index contributed by atoms with van der Waals surface area (Å²) < 4.78 is 11.6. The summed E-state index contributed by atoms with van der Waals surface area (Å²) in [5.74, 6) is -1.18. The van der Waals surface area contributed by atoms with Gasteiger partial charge in [0.15, 0.2) is 11.5 Å². The molecular formula is C27H22ClN3O7. The second kappa shape index (κ2) is 11.1. The van der Waals surface area contributed by atoms with Gasteiger partial charge < -0.3 is 9.47 Å². The first-order chi connectivity index (χ1) is 18.2. The van der Waals surface area contributed by atoms with Crippen LogP contribution < -0.4 is 19.7 Å². The third-order valence-electron chi connectivity index (χ3n) is 5.57. The molecule has 1 N–H and O–H groups in total. The molecule has 0 atom stereocenters. The minimum Gasteiger partial charge on any atom is -0.490 e. The molecule has 1 aliphatic rings. The number of hydrogen-bond acceptors (Lipinski definition) is 7. The Morgan fingerprint density at radius 1 is 1.03 bits per heavy atom. The van der Waals surface area contributed by atoms with E-state index in [1.165, 1.54) is 24.3 Å². The topological polar surface area (TPSA) is 128 Å². The van der Waals surface area contributed by atoms with E-state index < -0.39 is 22.8 Å². The van der Waals surface area contributed by atoms with Crippen LogP contribution in [0.25, 0.3) is 6.08 Å². The molecule has 0 aliphatic carbocycles. The van der Waals surface area contributed by atoms with Crippen LogP contribution in [0.4, 0.5) is 16.2 Å². The lowest BCUT2D eigenvalue weighted by molar-refractivity contribution is -0.384. The lowest BCUT2D eigenvalue weighted by Gasteiger charge is -2.26. The van der Waals surface area contributed by atoms with Crippen molar-refractivity contribution in [3.63, 3.8) is 0 Å². The molecule has 194 valence electrons. The molecule has 3 aromatic carbocycles. The van der Waals surface area contributed by atoms with Gasteiger partial charge in [-0.15, -0.1) is 0 Å². The van der Waals surface area contributed by atoms with Gasteiger partial charge in [-0.05, 0) is 55.3 Å². The van der Waals surface area contributed by atoms with Crippen LogP contribution in [0, 0.1) is 17.0 Å². The Morgan fingerprint density at radius 2 is 1.71 bits per heavy atom. The number of barbiturate groups is 1. The van der Waals surface area contributed by atoms with Crippen LogP contribution >= 0.6 is 11.6 Å². The molecule has 10 nitrogen and oxygen atoms in total. The minimum absolute atomic E-state index is 0.0596. The van der Waals surface area contributed by atoms with Crippen molar-refractivity contribution in [2.45, 2.75) is 20.5 Å². The molecular weight excluding hydrogens is 514 g/mol. The molecule has 1 heterocycles. The number of imide groups is 2. The number of nitro groups is 1. The Morgan fingerprint density at radius 3 is 2.34 bits per heavy atom. The molecule has 38 heavy (non-hydrogen) atoms. The van der Waals surface area contributed by atoms with Crippen LogP contribution in [-0.2, 0) is 16.2 Å². The zero-order valence-corrected chi connectivity index (χ0v) is 21.2. The number of aryl methyl sites for hydroxylation is 1. The van der Waals surface area contributed by atoms with Crippen LogP contribution in [0.1, 0.15) is 23.6 Å². The summed E-state index contributed by atoms with van der Waals surface area (Å²) in [6.45, 7) is 4.32. The predicted octanol–water partition coefficient (Wildman–Crippen LogP) is 5.20. The Balaban J connectivity index is 1.64. The average Bonchev–Trinajstić information content (AvgIpc) is 2.87. The largest absolute Gasteiger partial charge is 0.490 e. The number of halogens is 1. The monoisotopic (exact) mass is 535 g/mol. The first-order valence-electron chi connectivity index (χ1n) is 11.5. The lowest BCUT2D eigenvalue weighted by Crippen LogP contribution is -2.54.